The molecule has 0 spiro atoms. The number of hydrogen-bond donors (Lipinski definition) is 0. The van der Waals surface area contributed by atoms with Crippen molar-refractivity contribution in [3.05, 3.63) is 71.4 Å². The molecule has 1 aliphatic rings. The molecule has 1 saturated heterocycles. The molecule has 6 nitrogen and oxygen atoms in total. The van der Waals surface area contributed by atoms with Crippen LogP contribution >= 0.6 is 11.3 Å². The normalized spacial score (nSPS) is 17.0. The molecule has 7 heteroatoms. The zero-order valence-electron chi connectivity index (χ0n) is 14.6. The van der Waals surface area contributed by atoms with Gasteiger partial charge in [-0.2, -0.15) is 5.10 Å². The highest BCUT2D eigenvalue weighted by Gasteiger charge is 2.34. The highest BCUT2D eigenvalue weighted by atomic mass is 32.1. The molecule has 0 N–H and O–H groups in total. The summed E-state index contributed by atoms with van der Waals surface area (Å²) < 4.78 is 8.73. The lowest BCUT2D eigenvalue weighted by atomic mass is 10.2. The second-order valence-electron chi connectivity index (χ2n) is 6.65. The summed E-state index contributed by atoms with van der Waals surface area (Å²) in [6.07, 6.45) is 5.51. The van der Waals surface area contributed by atoms with E-state index in [4.69, 9.17) is 9.40 Å². The van der Waals surface area contributed by atoms with Gasteiger partial charge in [-0.25, -0.2) is 4.98 Å². The summed E-state index contributed by atoms with van der Waals surface area (Å²) >= 11 is 1.67. The predicted molar refractivity (Wildman–Crippen MR) is 103 cm³/mol. The van der Waals surface area contributed by atoms with E-state index in [1.54, 1.807) is 28.3 Å². The minimum absolute atomic E-state index is 0.0227. The Morgan fingerprint density at radius 2 is 2.15 bits per heavy atom. The first kappa shape index (κ1) is 16.3. The molecule has 1 aliphatic heterocycles. The Morgan fingerprint density at radius 3 is 3.00 bits per heavy atom. The Morgan fingerprint density at radius 1 is 1.22 bits per heavy atom. The molecule has 1 fully saturated rings. The summed E-state index contributed by atoms with van der Waals surface area (Å²) in [4.78, 5) is 19.7. The molecule has 1 unspecified atom stereocenters. The molecule has 3 aromatic heterocycles. The molecule has 4 heterocycles. The number of furan rings is 1. The topological polar surface area (TPSA) is 64.2 Å². The van der Waals surface area contributed by atoms with Crippen molar-refractivity contribution < 1.29 is 9.21 Å². The van der Waals surface area contributed by atoms with E-state index in [0.29, 0.717) is 12.3 Å². The third-order valence-corrected chi connectivity index (χ3v) is 6.00. The third kappa shape index (κ3) is 3.04. The highest BCUT2D eigenvalue weighted by Crippen LogP contribution is 2.37. The first-order valence-electron chi connectivity index (χ1n) is 9.00. The molecule has 1 amide bonds. The number of likely N-dealkylation sites (tertiary alicyclic amines) is 1. The fourth-order valence-electron chi connectivity index (χ4n) is 3.57. The number of hydrogen-bond acceptors (Lipinski definition) is 5. The van der Waals surface area contributed by atoms with Crippen LogP contribution in [0.2, 0.25) is 0 Å². The molecule has 5 rings (SSSR count). The van der Waals surface area contributed by atoms with Gasteiger partial charge in [-0.05, 0) is 43.2 Å². The van der Waals surface area contributed by atoms with Gasteiger partial charge in [0, 0.05) is 18.9 Å². The zero-order chi connectivity index (χ0) is 18.2. The summed E-state index contributed by atoms with van der Waals surface area (Å²) in [5.74, 6) is 1.03. The Balaban J connectivity index is 1.38. The maximum atomic E-state index is 13.0. The quantitative estimate of drug-likeness (QED) is 0.536. The van der Waals surface area contributed by atoms with Crippen LogP contribution < -0.4 is 0 Å². The van der Waals surface area contributed by atoms with Crippen molar-refractivity contribution in [2.45, 2.75) is 25.4 Å². The van der Waals surface area contributed by atoms with E-state index < -0.39 is 0 Å². The Bertz CT molecular complexity index is 1050. The van der Waals surface area contributed by atoms with Crippen LogP contribution in [0.4, 0.5) is 0 Å². The molecule has 1 atom stereocenters. The SMILES string of the molecule is O=C(c1ccc(Cn2cccn2)o1)N1CCCC1c1nc2ccccc2s1. The average molecular weight is 378 g/mol. The van der Waals surface area contributed by atoms with Crippen molar-refractivity contribution in [2.75, 3.05) is 6.54 Å². The zero-order valence-corrected chi connectivity index (χ0v) is 15.4. The van der Waals surface area contributed by atoms with Gasteiger partial charge in [-0.15, -0.1) is 11.3 Å². The second-order valence-corrected chi connectivity index (χ2v) is 7.71. The summed E-state index contributed by atoms with van der Waals surface area (Å²) in [5.41, 5.74) is 0.997. The van der Waals surface area contributed by atoms with Gasteiger partial charge in [0.2, 0.25) is 0 Å². The molecule has 0 bridgehead atoms. The van der Waals surface area contributed by atoms with Crippen LogP contribution in [0.5, 0.6) is 0 Å². The molecule has 27 heavy (non-hydrogen) atoms. The smallest absolute Gasteiger partial charge is 0.290 e. The van der Waals surface area contributed by atoms with Crippen molar-refractivity contribution in [1.29, 1.82) is 0 Å². The fraction of sp³-hybridized carbons (Fsp3) is 0.250. The van der Waals surface area contributed by atoms with Crippen LogP contribution in [0.1, 0.15) is 40.2 Å². The van der Waals surface area contributed by atoms with Gasteiger partial charge in [0.15, 0.2) is 5.76 Å². The fourth-order valence-corrected chi connectivity index (χ4v) is 4.69. The van der Waals surface area contributed by atoms with E-state index in [0.717, 1.165) is 40.4 Å². The van der Waals surface area contributed by atoms with Crippen LogP contribution in [0, 0.1) is 0 Å². The molecule has 0 radical (unpaired) electrons. The van der Waals surface area contributed by atoms with E-state index in [-0.39, 0.29) is 11.9 Å². The number of nitrogens with zero attached hydrogens (tertiary/aromatic N) is 4. The standard InChI is InChI=1S/C20H18N4O2S/c25-20(17-9-8-14(26-17)13-23-11-4-10-21-23)24-12-3-6-16(24)19-22-15-5-1-2-7-18(15)27-19/h1-2,4-5,7-11,16H,3,6,12-13H2. The molecule has 1 aromatic carbocycles. The summed E-state index contributed by atoms with van der Waals surface area (Å²) in [5, 5.41) is 5.17. The number of rotatable bonds is 4. The van der Waals surface area contributed by atoms with Crippen LogP contribution in [-0.4, -0.2) is 32.1 Å². The van der Waals surface area contributed by atoms with Gasteiger partial charge in [0.05, 0.1) is 22.8 Å². The molecule has 0 saturated carbocycles. The number of aromatic nitrogens is 3. The largest absolute Gasteiger partial charge is 0.454 e. The maximum absolute atomic E-state index is 13.0. The summed E-state index contributed by atoms with van der Waals surface area (Å²) in [6, 6.07) is 13.6. The molecule has 136 valence electrons. The Hall–Kier alpha value is -2.93. The number of carbonyl (C=O) groups is 1. The van der Waals surface area contributed by atoms with E-state index in [9.17, 15) is 4.79 Å². The lowest BCUT2D eigenvalue weighted by Crippen LogP contribution is -2.30. The lowest BCUT2D eigenvalue weighted by Gasteiger charge is -2.21. The van der Waals surface area contributed by atoms with Crippen LogP contribution in [0.3, 0.4) is 0 Å². The molecule has 0 aliphatic carbocycles. The summed E-state index contributed by atoms with van der Waals surface area (Å²) in [6.45, 7) is 1.25. The van der Waals surface area contributed by atoms with E-state index in [1.807, 2.05) is 41.4 Å². The number of carbonyl (C=O) groups excluding carboxylic acids is 1. The van der Waals surface area contributed by atoms with Gasteiger partial charge < -0.3 is 9.32 Å². The predicted octanol–water partition coefficient (Wildman–Crippen LogP) is 4.11. The minimum atomic E-state index is -0.0662. The van der Waals surface area contributed by atoms with E-state index in [2.05, 4.69) is 11.2 Å². The van der Waals surface area contributed by atoms with Gasteiger partial charge in [0.1, 0.15) is 10.8 Å². The van der Waals surface area contributed by atoms with Gasteiger partial charge in [-0.1, -0.05) is 12.1 Å². The van der Waals surface area contributed by atoms with Gasteiger partial charge in [0.25, 0.3) is 5.91 Å². The van der Waals surface area contributed by atoms with Gasteiger partial charge >= 0.3 is 0 Å². The van der Waals surface area contributed by atoms with Crippen molar-refractivity contribution in [2.24, 2.45) is 0 Å². The number of fused-ring (bicyclic) bond motifs is 1. The second kappa shape index (κ2) is 6.66. The number of benzene rings is 1. The Kier molecular flexibility index (Phi) is 4.01. The maximum Gasteiger partial charge on any atom is 0.290 e. The number of thiazole rings is 1. The highest BCUT2D eigenvalue weighted by molar-refractivity contribution is 7.18. The molecular weight excluding hydrogens is 360 g/mol. The van der Waals surface area contributed by atoms with Crippen molar-refractivity contribution in [3.8, 4) is 0 Å². The van der Waals surface area contributed by atoms with E-state index >= 15 is 0 Å². The third-order valence-electron chi connectivity index (χ3n) is 4.86. The molecule has 4 aromatic rings. The lowest BCUT2D eigenvalue weighted by molar-refractivity contribution is 0.0701. The van der Waals surface area contributed by atoms with Crippen molar-refractivity contribution >= 4 is 27.5 Å². The summed E-state index contributed by atoms with van der Waals surface area (Å²) in [7, 11) is 0. The first-order valence-corrected chi connectivity index (χ1v) is 9.82. The van der Waals surface area contributed by atoms with E-state index in [1.165, 1.54) is 0 Å². The monoisotopic (exact) mass is 378 g/mol. The van der Waals surface area contributed by atoms with Crippen LogP contribution in [0.15, 0.2) is 59.3 Å². The number of para-hydroxylation sites is 1. The van der Waals surface area contributed by atoms with Crippen LogP contribution in [0.25, 0.3) is 10.2 Å². The van der Waals surface area contributed by atoms with Crippen LogP contribution in [-0.2, 0) is 6.54 Å². The first-order chi connectivity index (χ1) is 13.3. The average Bonchev–Trinajstić information content (AvgIpc) is 3.45. The minimum Gasteiger partial charge on any atom is -0.454 e. The Labute approximate surface area is 160 Å². The number of amides is 1. The van der Waals surface area contributed by atoms with Crippen molar-refractivity contribution in [3.63, 3.8) is 0 Å². The van der Waals surface area contributed by atoms with Gasteiger partial charge in [-0.3, -0.25) is 9.48 Å². The van der Waals surface area contributed by atoms with Crippen molar-refractivity contribution in [1.82, 2.24) is 19.7 Å². The molecular formula is C20H18N4O2S.